The van der Waals surface area contributed by atoms with E-state index in [9.17, 15) is 19.5 Å². The van der Waals surface area contributed by atoms with Gasteiger partial charge < -0.3 is 45.3 Å². The van der Waals surface area contributed by atoms with Crippen LogP contribution < -0.4 is 21.3 Å². The number of benzene rings is 2. The predicted octanol–water partition coefficient (Wildman–Crippen LogP) is 10.2. The van der Waals surface area contributed by atoms with Crippen molar-refractivity contribution in [2.45, 2.75) is 205 Å². The third-order valence-electron chi connectivity index (χ3n) is 16.1. The standard InChI is InChI=1S/C55H80F6N4O8/c1-45(2)23-37(49(9,10)62-45)27-70-41(66)31-17-32(42(67)71-28-38-24-46(3,4)63-50(38,11)12)20-35(19-31)53(54(56,57)58,55(59,60)61)36-21-33(43(68)72-29-39-25-47(5,6)64-51(39,13)14)18-34(22-36)44(69)73-30-40-26-48(7,8)65-52(40,15)16/h17-22,37-41,62-66H,23-30H2,1-16H3. The molecule has 5 N–H and O–H groups in total. The lowest BCUT2D eigenvalue weighted by molar-refractivity contribution is -0.288. The monoisotopic (exact) mass is 1040 g/mol. The quantitative estimate of drug-likeness (QED) is 0.0499. The maximum absolute atomic E-state index is 16.4. The van der Waals surface area contributed by atoms with Crippen LogP contribution in [0.3, 0.4) is 0 Å². The first-order chi connectivity index (χ1) is 32.9. The lowest BCUT2D eigenvalue weighted by atomic mass is 9.71. The average molecular weight is 1040 g/mol. The van der Waals surface area contributed by atoms with Crippen LogP contribution >= 0.6 is 0 Å². The van der Waals surface area contributed by atoms with Crippen molar-refractivity contribution in [3.63, 3.8) is 0 Å². The van der Waals surface area contributed by atoms with Gasteiger partial charge in [-0.15, -0.1) is 0 Å². The Morgan fingerprint density at radius 1 is 0.479 bits per heavy atom. The fourth-order valence-electron chi connectivity index (χ4n) is 12.9. The second-order valence-corrected chi connectivity index (χ2v) is 26.4. The fourth-order valence-corrected chi connectivity index (χ4v) is 12.9. The van der Waals surface area contributed by atoms with Gasteiger partial charge in [0.15, 0.2) is 6.29 Å². The number of carbonyl (C=O) groups is 3. The SMILES string of the molecule is CC1(C)CC(COC(=O)c2cc(C(=O)OCC3CC(C)(C)NC3(C)C)cc(C(c3cc(C(=O)OCC4CC(C)(C)NC4(C)C)cc(C(O)OCC4CC(C)(C)NC4(C)C)c3)(C(F)(F)F)C(F)(F)F)c2)C(C)(C)N1. The summed E-state index contributed by atoms with van der Waals surface area (Å²) in [5.74, 6) is -4.98. The molecule has 2 aromatic rings. The normalized spacial score (nSPS) is 26.8. The fraction of sp³-hybridized carbons (Fsp3) is 0.727. The van der Waals surface area contributed by atoms with Gasteiger partial charge in [0.25, 0.3) is 0 Å². The molecule has 73 heavy (non-hydrogen) atoms. The van der Waals surface area contributed by atoms with Gasteiger partial charge in [0.2, 0.25) is 5.41 Å². The van der Waals surface area contributed by atoms with Gasteiger partial charge in [0.1, 0.15) is 0 Å². The Hall–Kier alpha value is -3.81. The van der Waals surface area contributed by atoms with Crippen LogP contribution in [0.1, 0.15) is 191 Å². The molecule has 0 bridgehead atoms. The van der Waals surface area contributed by atoms with Crippen LogP contribution in [0.4, 0.5) is 26.3 Å². The molecular formula is C55H80F6N4O8. The molecule has 0 radical (unpaired) electrons. The van der Waals surface area contributed by atoms with Gasteiger partial charge in [-0.3, -0.25) is 0 Å². The highest BCUT2D eigenvalue weighted by Gasteiger charge is 2.73. The number of nitrogens with one attached hydrogen (secondary N) is 4. The molecular weight excluding hydrogens is 959 g/mol. The minimum Gasteiger partial charge on any atom is -0.462 e. The second kappa shape index (κ2) is 19.3. The third-order valence-corrected chi connectivity index (χ3v) is 16.1. The zero-order valence-corrected chi connectivity index (χ0v) is 45.6. The average Bonchev–Trinajstić information content (AvgIpc) is 3.76. The first-order valence-electron chi connectivity index (χ1n) is 25.3. The van der Waals surface area contributed by atoms with Crippen molar-refractivity contribution in [2.24, 2.45) is 23.7 Å². The number of aliphatic hydroxyl groups excluding tert-OH is 1. The van der Waals surface area contributed by atoms with Crippen LogP contribution in [0, 0.1) is 23.7 Å². The molecule has 0 aromatic heterocycles. The molecule has 5 unspecified atom stereocenters. The molecule has 4 fully saturated rings. The molecule has 0 amide bonds. The maximum Gasteiger partial charge on any atom is 0.411 e. The first-order valence-corrected chi connectivity index (χ1v) is 25.3. The maximum atomic E-state index is 16.4. The van der Waals surface area contributed by atoms with E-state index in [1.807, 2.05) is 111 Å². The van der Waals surface area contributed by atoms with E-state index in [0.717, 1.165) is 12.1 Å². The Bertz CT molecular complexity index is 2320. The summed E-state index contributed by atoms with van der Waals surface area (Å²) in [6, 6.07) is 3.59. The van der Waals surface area contributed by atoms with Crippen molar-refractivity contribution in [2.75, 3.05) is 26.4 Å². The van der Waals surface area contributed by atoms with Crippen LogP contribution in [0.15, 0.2) is 36.4 Å². The molecule has 12 nitrogen and oxygen atoms in total. The summed E-state index contributed by atoms with van der Waals surface area (Å²) in [6.07, 6.45) is -12.6. The largest absolute Gasteiger partial charge is 0.462 e. The van der Waals surface area contributed by atoms with Crippen molar-refractivity contribution in [1.82, 2.24) is 21.3 Å². The Kier molecular flexibility index (Phi) is 15.5. The summed E-state index contributed by atoms with van der Waals surface area (Å²) in [5, 5.41) is 25.5. The van der Waals surface area contributed by atoms with E-state index in [0.29, 0.717) is 49.9 Å². The van der Waals surface area contributed by atoms with Gasteiger partial charge in [-0.05, 0) is 184 Å². The molecule has 0 spiro atoms. The number of esters is 3. The van der Waals surface area contributed by atoms with Crippen molar-refractivity contribution in [3.8, 4) is 0 Å². The summed E-state index contributed by atoms with van der Waals surface area (Å²) in [5.41, 5.74) is -14.8. The number of carbonyl (C=O) groups excluding carboxylic acids is 3. The summed E-state index contributed by atoms with van der Waals surface area (Å²) in [4.78, 5) is 42.4. The molecule has 410 valence electrons. The van der Waals surface area contributed by atoms with Crippen LogP contribution in [-0.2, 0) is 24.4 Å². The highest BCUT2D eigenvalue weighted by molar-refractivity contribution is 5.96. The van der Waals surface area contributed by atoms with Crippen LogP contribution in [0.2, 0.25) is 0 Å². The minimum absolute atomic E-state index is 0.162. The number of alkyl halides is 6. The first kappa shape index (κ1) is 58.5. The van der Waals surface area contributed by atoms with E-state index in [4.69, 9.17) is 18.9 Å². The van der Waals surface area contributed by atoms with Crippen LogP contribution in [-0.4, -0.2) is 106 Å². The van der Waals surface area contributed by atoms with Gasteiger partial charge in [-0.2, -0.15) is 26.3 Å². The summed E-state index contributed by atoms with van der Waals surface area (Å²) < 4.78 is 121. The molecule has 0 aliphatic carbocycles. The topological polar surface area (TPSA) is 156 Å². The number of hydrogen-bond acceptors (Lipinski definition) is 12. The van der Waals surface area contributed by atoms with Crippen LogP contribution in [0.5, 0.6) is 0 Å². The lowest BCUT2D eigenvalue weighted by Crippen LogP contribution is -2.55. The molecule has 5 atom stereocenters. The summed E-state index contributed by atoms with van der Waals surface area (Å²) in [7, 11) is 0. The molecule has 4 saturated heterocycles. The highest BCUT2D eigenvalue weighted by Crippen LogP contribution is 2.57. The Morgan fingerprint density at radius 3 is 1.03 bits per heavy atom. The van der Waals surface area contributed by atoms with Gasteiger partial charge >= 0.3 is 30.3 Å². The zero-order chi connectivity index (χ0) is 55.1. The van der Waals surface area contributed by atoms with Crippen molar-refractivity contribution in [3.05, 3.63) is 69.8 Å². The molecule has 2 aromatic carbocycles. The van der Waals surface area contributed by atoms with E-state index < -0.39 is 97.5 Å². The molecule has 4 aliphatic heterocycles. The minimum atomic E-state index is -6.30. The van der Waals surface area contributed by atoms with E-state index in [1.165, 1.54) is 0 Å². The Balaban J connectivity index is 1.50. The lowest BCUT2D eigenvalue weighted by Gasteiger charge is -2.39. The molecule has 4 heterocycles. The smallest absolute Gasteiger partial charge is 0.411 e. The predicted molar refractivity (Wildman–Crippen MR) is 265 cm³/mol. The zero-order valence-electron chi connectivity index (χ0n) is 45.6. The number of aliphatic hydroxyl groups is 1. The van der Waals surface area contributed by atoms with E-state index in [2.05, 4.69) is 21.3 Å². The molecule has 6 rings (SSSR count). The molecule has 4 aliphatic rings. The van der Waals surface area contributed by atoms with E-state index in [1.54, 1.807) is 0 Å². The number of hydrogen-bond donors (Lipinski definition) is 5. The van der Waals surface area contributed by atoms with Gasteiger partial charge in [0.05, 0.1) is 43.1 Å². The Morgan fingerprint density at radius 2 is 0.753 bits per heavy atom. The van der Waals surface area contributed by atoms with Gasteiger partial charge in [-0.25, -0.2) is 14.4 Å². The number of rotatable bonds is 15. The number of ether oxygens (including phenoxy) is 4. The van der Waals surface area contributed by atoms with Gasteiger partial charge in [-0.1, -0.05) is 0 Å². The summed E-state index contributed by atoms with van der Waals surface area (Å²) >= 11 is 0. The Labute approximate surface area is 427 Å². The van der Waals surface area contributed by atoms with Gasteiger partial charge in [0, 0.05) is 73.5 Å². The van der Waals surface area contributed by atoms with E-state index >= 15 is 26.3 Å². The van der Waals surface area contributed by atoms with Crippen molar-refractivity contribution >= 4 is 17.9 Å². The second-order valence-electron chi connectivity index (χ2n) is 26.4. The van der Waals surface area contributed by atoms with Crippen molar-refractivity contribution in [1.29, 1.82) is 0 Å². The van der Waals surface area contributed by atoms with Crippen LogP contribution in [0.25, 0.3) is 0 Å². The van der Waals surface area contributed by atoms with Crippen molar-refractivity contribution < 1.29 is 64.8 Å². The molecule has 0 saturated carbocycles. The molecule has 18 heteroatoms. The van der Waals surface area contributed by atoms with E-state index in [-0.39, 0.29) is 72.3 Å². The third kappa shape index (κ3) is 12.6. The summed E-state index contributed by atoms with van der Waals surface area (Å²) in [6.45, 7) is 29.9. The highest BCUT2D eigenvalue weighted by atomic mass is 19.4. The number of halogens is 6.